The van der Waals surface area contributed by atoms with Crippen LogP contribution in [0.3, 0.4) is 0 Å². The lowest BCUT2D eigenvalue weighted by atomic mass is 9.90. The Morgan fingerprint density at radius 3 is 2.16 bits per heavy atom. The molecule has 1 nitrogen and oxygen atoms in total. The highest BCUT2D eigenvalue weighted by Crippen LogP contribution is 2.28. The second-order valence-electron chi connectivity index (χ2n) is 5.75. The Balaban J connectivity index is 2.46. The molecule has 0 aliphatic rings. The third-order valence-electron chi connectivity index (χ3n) is 3.70. The summed E-state index contributed by atoms with van der Waals surface area (Å²) >= 11 is 0. The van der Waals surface area contributed by atoms with Gasteiger partial charge in [-0.15, -0.1) is 0 Å². The van der Waals surface area contributed by atoms with Gasteiger partial charge in [-0.2, -0.15) is 0 Å². The Morgan fingerprint density at radius 2 is 1.63 bits per heavy atom. The summed E-state index contributed by atoms with van der Waals surface area (Å²) in [7, 11) is 0. The largest absolute Gasteiger partial charge is 0.322 e. The molecule has 0 saturated heterocycles. The van der Waals surface area contributed by atoms with Crippen molar-refractivity contribution in [2.45, 2.75) is 39.7 Å². The van der Waals surface area contributed by atoms with Crippen LogP contribution >= 0.6 is 0 Å². The molecule has 2 rings (SSSR count). The lowest BCUT2D eigenvalue weighted by Crippen LogP contribution is -2.28. The molecule has 0 amide bonds. The maximum atomic E-state index is 6.13. The van der Waals surface area contributed by atoms with Gasteiger partial charge in [-0.3, -0.25) is 0 Å². The van der Waals surface area contributed by atoms with Crippen molar-refractivity contribution in [3.63, 3.8) is 0 Å². The minimum Gasteiger partial charge on any atom is -0.322 e. The molecule has 0 aliphatic heterocycles. The van der Waals surface area contributed by atoms with E-state index in [1.807, 2.05) is 13.8 Å². The van der Waals surface area contributed by atoms with Gasteiger partial charge in [-0.25, -0.2) is 0 Å². The SMILES string of the molecule is CCc1c(C)cccc1-c1ccc(C(C)(C)N)cc1. The van der Waals surface area contributed by atoms with E-state index in [2.05, 4.69) is 56.3 Å². The molecule has 2 N–H and O–H groups in total. The molecule has 0 atom stereocenters. The summed E-state index contributed by atoms with van der Waals surface area (Å²) in [5.74, 6) is 0. The van der Waals surface area contributed by atoms with Gasteiger partial charge in [0.1, 0.15) is 0 Å². The summed E-state index contributed by atoms with van der Waals surface area (Å²) < 4.78 is 0. The predicted octanol–water partition coefficient (Wildman–Crippen LogP) is 4.42. The molecular formula is C18H23N. The summed E-state index contributed by atoms with van der Waals surface area (Å²) in [5.41, 5.74) is 12.4. The third-order valence-corrected chi connectivity index (χ3v) is 3.70. The fourth-order valence-electron chi connectivity index (χ4n) is 2.52. The van der Waals surface area contributed by atoms with E-state index in [0.717, 1.165) is 6.42 Å². The van der Waals surface area contributed by atoms with E-state index in [1.54, 1.807) is 0 Å². The van der Waals surface area contributed by atoms with Crippen molar-refractivity contribution in [3.05, 3.63) is 59.2 Å². The van der Waals surface area contributed by atoms with Crippen LogP contribution in [-0.2, 0) is 12.0 Å². The van der Waals surface area contributed by atoms with Crippen LogP contribution in [0.25, 0.3) is 11.1 Å². The average Bonchev–Trinajstić information content (AvgIpc) is 2.37. The highest BCUT2D eigenvalue weighted by atomic mass is 14.7. The van der Waals surface area contributed by atoms with E-state index in [0.29, 0.717) is 0 Å². The average molecular weight is 253 g/mol. The molecule has 0 aliphatic carbocycles. The molecule has 0 aromatic heterocycles. The van der Waals surface area contributed by atoms with E-state index in [-0.39, 0.29) is 5.54 Å². The molecule has 0 bridgehead atoms. The minimum atomic E-state index is -0.279. The zero-order valence-electron chi connectivity index (χ0n) is 12.3. The summed E-state index contributed by atoms with van der Waals surface area (Å²) in [4.78, 5) is 0. The summed E-state index contributed by atoms with van der Waals surface area (Å²) in [6.45, 7) is 8.46. The van der Waals surface area contributed by atoms with E-state index < -0.39 is 0 Å². The van der Waals surface area contributed by atoms with Crippen molar-refractivity contribution in [3.8, 4) is 11.1 Å². The van der Waals surface area contributed by atoms with Gasteiger partial charge in [0.2, 0.25) is 0 Å². The highest BCUT2D eigenvalue weighted by molar-refractivity contribution is 5.69. The molecule has 0 heterocycles. The van der Waals surface area contributed by atoms with E-state index in [9.17, 15) is 0 Å². The van der Waals surface area contributed by atoms with Crippen LogP contribution < -0.4 is 5.73 Å². The number of hydrogen-bond donors (Lipinski definition) is 1. The van der Waals surface area contributed by atoms with Crippen molar-refractivity contribution in [1.82, 2.24) is 0 Å². The van der Waals surface area contributed by atoms with Crippen LogP contribution in [0.5, 0.6) is 0 Å². The Labute approximate surface area is 116 Å². The van der Waals surface area contributed by atoms with Crippen molar-refractivity contribution in [2.75, 3.05) is 0 Å². The van der Waals surface area contributed by atoms with Crippen LogP contribution in [-0.4, -0.2) is 0 Å². The van der Waals surface area contributed by atoms with Crippen LogP contribution in [0.1, 0.15) is 37.5 Å². The lowest BCUT2D eigenvalue weighted by molar-refractivity contribution is 0.554. The first-order valence-corrected chi connectivity index (χ1v) is 6.91. The third kappa shape index (κ3) is 2.87. The standard InChI is InChI=1S/C18H23N/c1-5-16-13(2)7-6-8-17(16)14-9-11-15(12-10-14)18(3,4)19/h6-12H,5,19H2,1-4H3. The monoisotopic (exact) mass is 253 g/mol. The second-order valence-corrected chi connectivity index (χ2v) is 5.75. The molecule has 0 radical (unpaired) electrons. The van der Waals surface area contributed by atoms with Crippen molar-refractivity contribution in [2.24, 2.45) is 5.73 Å². The molecule has 1 heteroatoms. The van der Waals surface area contributed by atoms with Gasteiger partial charge in [0.05, 0.1) is 0 Å². The number of nitrogens with two attached hydrogens (primary N) is 1. The Hall–Kier alpha value is -1.60. The van der Waals surface area contributed by atoms with Gasteiger partial charge in [-0.05, 0) is 55.0 Å². The van der Waals surface area contributed by atoms with Gasteiger partial charge >= 0.3 is 0 Å². The van der Waals surface area contributed by atoms with Gasteiger partial charge in [0.15, 0.2) is 0 Å². The highest BCUT2D eigenvalue weighted by Gasteiger charge is 2.14. The molecule has 19 heavy (non-hydrogen) atoms. The number of aryl methyl sites for hydroxylation is 1. The van der Waals surface area contributed by atoms with Crippen molar-refractivity contribution >= 4 is 0 Å². The molecule has 100 valence electrons. The fourth-order valence-corrected chi connectivity index (χ4v) is 2.52. The number of hydrogen-bond acceptors (Lipinski definition) is 1. The van der Waals surface area contributed by atoms with Gasteiger partial charge in [0.25, 0.3) is 0 Å². The Morgan fingerprint density at radius 1 is 1.00 bits per heavy atom. The first kappa shape index (κ1) is 13.8. The first-order valence-electron chi connectivity index (χ1n) is 6.91. The fraction of sp³-hybridized carbons (Fsp3) is 0.333. The minimum absolute atomic E-state index is 0.279. The molecule has 2 aromatic rings. The quantitative estimate of drug-likeness (QED) is 0.861. The van der Waals surface area contributed by atoms with Crippen LogP contribution in [0.2, 0.25) is 0 Å². The first-order chi connectivity index (χ1) is 8.93. The summed E-state index contributed by atoms with van der Waals surface area (Å²) in [6.07, 6.45) is 1.06. The van der Waals surface area contributed by atoms with Crippen LogP contribution in [0, 0.1) is 6.92 Å². The predicted molar refractivity (Wildman–Crippen MR) is 83.2 cm³/mol. The normalized spacial score (nSPS) is 11.6. The topological polar surface area (TPSA) is 26.0 Å². The molecule has 0 fully saturated rings. The molecule has 0 unspecified atom stereocenters. The van der Waals surface area contributed by atoms with Gasteiger partial charge in [0, 0.05) is 5.54 Å². The Bertz CT molecular complexity index is 559. The molecular weight excluding hydrogens is 230 g/mol. The van der Waals surface area contributed by atoms with Crippen LogP contribution in [0.15, 0.2) is 42.5 Å². The van der Waals surface area contributed by atoms with Gasteiger partial charge < -0.3 is 5.73 Å². The Kier molecular flexibility index (Phi) is 3.77. The van der Waals surface area contributed by atoms with Gasteiger partial charge in [-0.1, -0.05) is 49.4 Å². The van der Waals surface area contributed by atoms with Crippen molar-refractivity contribution < 1.29 is 0 Å². The number of benzene rings is 2. The smallest absolute Gasteiger partial charge is 0.0352 e. The molecule has 2 aromatic carbocycles. The molecule has 0 spiro atoms. The van der Waals surface area contributed by atoms with Crippen LogP contribution in [0.4, 0.5) is 0 Å². The maximum Gasteiger partial charge on any atom is 0.0352 e. The second kappa shape index (κ2) is 5.18. The summed E-state index contributed by atoms with van der Waals surface area (Å²) in [5, 5.41) is 0. The van der Waals surface area contributed by atoms with E-state index >= 15 is 0 Å². The summed E-state index contributed by atoms with van der Waals surface area (Å²) in [6, 6.07) is 15.1. The lowest BCUT2D eigenvalue weighted by Gasteiger charge is -2.20. The van der Waals surface area contributed by atoms with Crippen molar-refractivity contribution in [1.29, 1.82) is 0 Å². The zero-order chi connectivity index (χ0) is 14.0. The number of rotatable bonds is 3. The van der Waals surface area contributed by atoms with E-state index in [1.165, 1.54) is 27.8 Å². The maximum absolute atomic E-state index is 6.13. The zero-order valence-corrected chi connectivity index (χ0v) is 12.3. The molecule has 0 saturated carbocycles. The van der Waals surface area contributed by atoms with E-state index in [4.69, 9.17) is 5.73 Å².